The van der Waals surface area contributed by atoms with Crippen LogP contribution >= 0.6 is 0 Å². The molecule has 2 aromatic carbocycles. The first-order valence-electron chi connectivity index (χ1n) is 8.94. The Morgan fingerprint density at radius 2 is 1.79 bits per heavy atom. The van der Waals surface area contributed by atoms with Gasteiger partial charge in [0.15, 0.2) is 5.82 Å². The zero-order valence-corrected chi connectivity index (χ0v) is 15.3. The van der Waals surface area contributed by atoms with Gasteiger partial charge in [-0.3, -0.25) is 19.7 Å². The van der Waals surface area contributed by atoms with Crippen molar-refractivity contribution >= 4 is 34.2 Å². The zero-order valence-electron chi connectivity index (χ0n) is 15.3. The molecule has 0 aliphatic rings. The average molecular weight is 386 g/mol. The Hall–Kier alpha value is -4.04. The van der Waals surface area contributed by atoms with Crippen molar-refractivity contribution in [2.75, 3.05) is 17.2 Å². The first-order valence-corrected chi connectivity index (χ1v) is 8.94. The summed E-state index contributed by atoms with van der Waals surface area (Å²) < 4.78 is 0. The lowest BCUT2D eigenvalue weighted by molar-refractivity contribution is -0.114. The van der Waals surface area contributed by atoms with Crippen LogP contribution in [0, 0.1) is 0 Å². The van der Waals surface area contributed by atoms with Gasteiger partial charge in [-0.1, -0.05) is 24.3 Å². The van der Waals surface area contributed by atoms with Crippen molar-refractivity contribution in [1.29, 1.82) is 0 Å². The number of hydrogen-bond acceptors (Lipinski definition) is 5. The van der Waals surface area contributed by atoms with E-state index < -0.39 is 0 Å². The Balaban J connectivity index is 1.64. The van der Waals surface area contributed by atoms with Crippen LogP contribution in [0.25, 0.3) is 22.0 Å². The highest BCUT2D eigenvalue weighted by molar-refractivity contribution is 6.08. The van der Waals surface area contributed by atoms with Crippen molar-refractivity contribution in [2.24, 2.45) is 5.73 Å². The van der Waals surface area contributed by atoms with Gasteiger partial charge in [0, 0.05) is 22.7 Å². The van der Waals surface area contributed by atoms with E-state index in [2.05, 4.69) is 25.8 Å². The summed E-state index contributed by atoms with van der Waals surface area (Å²) in [6.45, 7) is -0.102. The average Bonchev–Trinajstić information content (AvgIpc) is 3.16. The number of benzene rings is 2. The number of rotatable bonds is 5. The second kappa shape index (κ2) is 7.91. The largest absolute Gasteiger partial charge is 0.324 e. The lowest BCUT2D eigenvalue weighted by Gasteiger charge is -2.07. The minimum atomic E-state index is -0.292. The van der Waals surface area contributed by atoms with E-state index >= 15 is 0 Å². The lowest BCUT2D eigenvalue weighted by Crippen LogP contribution is -2.21. The van der Waals surface area contributed by atoms with E-state index in [1.165, 1.54) is 0 Å². The predicted octanol–water partition coefficient (Wildman–Crippen LogP) is 2.77. The zero-order chi connectivity index (χ0) is 20.2. The topological polar surface area (TPSA) is 126 Å². The maximum absolute atomic E-state index is 12.5. The molecule has 0 aliphatic heterocycles. The quantitative estimate of drug-likeness (QED) is 0.420. The number of hydrogen-bond donors (Lipinski definition) is 4. The van der Waals surface area contributed by atoms with Crippen LogP contribution in [0.2, 0.25) is 0 Å². The molecule has 29 heavy (non-hydrogen) atoms. The van der Waals surface area contributed by atoms with Gasteiger partial charge < -0.3 is 16.4 Å². The Kier molecular flexibility index (Phi) is 5.00. The molecule has 0 bridgehead atoms. The number of fused-ring (bicyclic) bond motifs is 1. The van der Waals surface area contributed by atoms with Gasteiger partial charge in [0.05, 0.1) is 23.9 Å². The molecule has 0 saturated carbocycles. The normalized spacial score (nSPS) is 10.7. The lowest BCUT2D eigenvalue weighted by atomic mass is 10.1. The molecule has 0 aliphatic carbocycles. The first-order chi connectivity index (χ1) is 14.1. The molecule has 0 unspecified atom stereocenters. The molecule has 2 heterocycles. The van der Waals surface area contributed by atoms with E-state index in [9.17, 15) is 9.59 Å². The standard InChI is InChI=1S/C21H18N6O2/c22-10-19(28)24-16-8-15(11-23-12-16)14-6-7-18-17(9-14)20(27-26-18)25-21(29)13-4-2-1-3-5-13/h1-9,11-12H,10,22H2,(H,24,28)(H2,25,26,27,29). The van der Waals surface area contributed by atoms with E-state index in [0.717, 1.165) is 22.0 Å². The summed E-state index contributed by atoms with van der Waals surface area (Å²) in [5, 5.41) is 13.4. The number of aromatic amines is 1. The van der Waals surface area contributed by atoms with E-state index in [1.807, 2.05) is 30.3 Å². The molecule has 0 saturated heterocycles. The number of nitrogens with two attached hydrogens (primary N) is 1. The number of amides is 2. The maximum Gasteiger partial charge on any atom is 0.256 e. The molecule has 0 spiro atoms. The highest BCUT2D eigenvalue weighted by Crippen LogP contribution is 2.28. The highest BCUT2D eigenvalue weighted by Gasteiger charge is 2.12. The van der Waals surface area contributed by atoms with E-state index in [4.69, 9.17) is 5.73 Å². The van der Waals surface area contributed by atoms with Gasteiger partial charge in [0.2, 0.25) is 5.91 Å². The van der Waals surface area contributed by atoms with Crippen molar-refractivity contribution in [3.05, 3.63) is 72.6 Å². The summed E-state index contributed by atoms with van der Waals surface area (Å²) in [6.07, 6.45) is 3.25. The van der Waals surface area contributed by atoms with E-state index in [-0.39, 0.29) is 18.4 Å². The highest BCUT2D eigenvalue weighted by atomic mass is 16.2. The van der Waals surface area contributed by atoms with Gasteiger partial charge >= 0.3 is 0 Å². The Morgan fingerprint density at radius 3 is 2.59 bits per heavy atom. The fourth-order valence-corrected chi connectivity index (χ4v) is 2.94. The summed E-state index contributed by atoms with van der Waals surface area (Å²) in [5.74, 6) is -0.0889. The summed E-state index contributed by atoms with van der Waals surface area (Å²) in [5.41, 5.74) is 8.91. The van der Waals surface area contributed by atoms with Crippen LogP contribution in [-0.4, -0.2) is 33.5 Å². The first kappa shape index (κ1) is 18.3. The number of nitrogens with one attached hydrogen (secondary N) is 3. The molecule has 144 valence electrons. The molecule has 8 nitrogen and oxygen atoms in total. The molecule has 4 rings (SSSR count). The number of H-pyrrole nitrogens is 1. The SMILES string of the molecule is NCC(=O)Nc1cncc(-c2ccc3[nH]nc(NC(=O)c4ccccc4)c3c2)c1. The third-order valence-electron chi connectivity index (χ3n) is 4.37. The van der Waals surface area contributed by atoms with E-state index in [1.54, 1.807) is 36.7 Å². The Bertz CT molecular complexity index is 1190. The fraction of sp³-hybridized carbons (Fsp3) is 0.0476. The molecule has 0 radical (unpaired) electrons. The third kappa shape index (κ3) is 3.97. The van der Waals surface area contributed by atoms with Crippen LogP contribution < -0.4 is 16.4 Å². The minimum absolute atomic E-state index is 0.102. The van der Waals surface area contributed by atoms with E-state index in [0.29, 0.717) is 17.1 Å². The number of aromatic nitrogens is 3. The van der Waals surface area contributed by atoms with Crippen LogP contribution in [0.4, 0.5) is 11.5 Å². The van der Waals surface area contributed by atoms with Gasteiger partial charge in [-0.05, 0) is 35.9 Å². The number of carbonyl (C=O) groups is 2. The maximum atomic E-state index is 12.5. The minimum Gasteiger partial charge on any atom is -0.324 e. The summed E-state index contributed by atoms with van der Waals surface area (Å²) in [6, 6.07) is 16.4. The third-order valence-corrected chi connectivity index (χ3v) is 4.37. The van der Waals surface area contributed by atoms with Crippen molar-refractivity contribution < 1.29 is 9.59 Å². The second-order valence-corrected chi connectivity index (χ2v) is 6.37. The smallest absolute Gasteiger partial charge is 0.256 e. The van der Waals surface area contributed by atoms with Gasteiger partial charge in [-0.25, -0.2) is 0 Å². The van der Waals surface area contributed by atoms with Gasteiger partial charge in [-0.2, -0.15) is 5.10 Å². The molecule has 0 atom stereocenters. The molecular weight excluding hydrogens is 368 g/mol. The van der Waals surface area contributed by atoms with Crippen LogP contribution in [-0.2, 0) is 4.79 Å². The monoisotopic (exact) mass is 386 g/mol. The molecule has 4 aromatic rings. The van der Waals surface area contributed by atoms with Gasteiger partial charge in [0.25, 0.3) is 5.91 Å². The number of anilines is 2. The van der Waals surface area contributed by atoms with Gasteiger partial charge in [0.1, 0.15) is 0 Å². The fourth-order valence-electron chi connectivity index (χ4n) is 2.94. The molecule has 5 N–H and O–H groups in total. The van der Waals surface area contributed by atoms with Gasteiger partial charge in [-0.15, -0.1) is 0 Å². The van der Waals surface area contributed by atoms with Crippen molar-refractivity contribution in [3.8, 4) is 11.1 Å². The molecule has 0 fully saturated rings. The number of carbonyl (C=O) groups excluding carboxylic acids is 2. The van der Waals surface area contributed by atoms with Crippen LogP contribution in [0.3, 0.4) is 0 Å². The van der Waals surface area contributed by atoms with Crippen molar-refractivity contribution in [3.63, 3.8) is 0 Å². The van der Waals surface area contributed by atoms with Crippen LogP contribution in [0.5, 0.6) is 0 Å². The van der Waals surface area contributed by atoms with Crippen molar-refractivity contribution in [2.45, 2.75) is 0 Å². The molecular formula is C21H18N6O2. The summed E-state index contributed by atoms with van der Waals surface area (Å²) in [7, 11) is 0. The summed E-state index contributed by atoms with van der Waals surface area (Å²) >= 11 is 0. The molecule has 8 heteroatoms. The molecule has 2 aromatic heterocycles. The predicted molar refractivity (Wildman–Crippen MR) is 111 cm³/mol. The summed E-state index contributed by atoms with van der Waals surface area (Å²) in [4.78, 5) is 28.2. The second-order valence-electron chi connectivity index (χ2n) is 6.37. The van der Waals surface area contributed by atoms with Crippen LogP contribution in [0.1, 0.15) is 10.4 Å². The molecule has 2 amide bonds. The van der Waals surface area contributed by atoms with Crippen molar-refractivity contribution in [1.82, 2.24) is 15.2 Å². The number of nitrogens with zero attached hydrogens (tertiary/aromatic N) is 2. The number of pyridine rings is 1. The Labute approximate surface area is 166 Å². The van der Waals surface area contributed by atoms with Crippen LogP contribution in [0.15, 0.2) is 67.0 Å². The Morgan fingerprint density at radius 1 is 0.966 bits per heavy atom.